The van der Waals surface area contributed by atoms with E-state index in [0.29, 0.717) is 32.8 Å². The van der Waals surface area contributed by atoms with E-state index >= 15 is 0 Å². The normalized spacial score (nSPS) is 11.7. The third-order valence-corrected chi connectivity index (χ3v) is 5.28. The summed E-state index contributed by atoms with van der Waals surface area (Å²) in [4.78, 5) is 37.4. The molecule has 1 N–H and O–H groups in total. The zero-order valence-corrected chi connectivity index (χ0v) is 16.5. The van der Waals surface area contributed by atoms with Gasteiger partial charge in [0.15, 0.2) is 4.80 Å². The van der Waals surface area contributed by atoms with Gasteiger partial charge in [0.25, 0.3) is 5.91 Å². The number of aromatic amines is 1. The first kappa shape index (κ1) is 18.8. The van der Waals surface area contributed by atoms with Crippen LogP contribution in [0, 0.1) is 0 Å². The Morgan fingerprint density at radius 1 is 1.21 bits per heavy atom. The van der Waals surface area contributed by atoms with Crippen LogP contribution in [-0.2, 0) is 11.3 Å². The SMILES string of the molecule is CCOC(=O)c1cn(Cc2ccccc2)/c(=N/C(=O)c2ccnc3[nH]ccc23)s1. The molecule has 3 aromatic heterocycles. The fourth-order valence-corrected chi connectivity index (χ4v) is 3.83. The molecule has 0 aliphatic heterocycles. The lowest BCUT2D eigenvalue weighted by atomic mass is 10.2. The third kappa shape index (κ3) is 4.02. The Morgan fingerprint density at radius 2 is 2.03 bits per heavy atom. The number of H-pyrrole nitrogens is 1. The van der Waals surface area contributed by atoms with Gasteiger partial charge in [-0.3, -0.25) is 4.79 Å². The minimum atomic E-state index is -0.426. The molecule has 0 atom stereocenters. The van der Waals surface area contributed by atoms with Crippen LogP contribution >= 0.6 is 11.3 Å². The molecule has 0 unspecified atom stereocenters. The van der Waals surface area contributed by atoms with E-state index in [1.54, 1.807) is 42.2 Å². The highest BCUT2D eigenvalue weighted by Gasteiger charge is 2.15. The maximum Gasteiger partial charge on any atom is 0.349 e. The fraction of sp³-hybridized carbons (Fsp3) is 0.143. The number of thiazole rings is 1. The van der Waals surface area contributed by atoms with E-state index in [0.717, 1.165) is 16.9 Å². The summed E-state index contributed by atoms with van der Waals surface area (Å²) >= 11 is 1.13. The molecule has 146 valence electrons. The molecule has 3 heterocycles. The molecule has 0 saturated heterocycles. The fourth-order valence-electron chi connectivity index (χ4n) is 2.95. The second-order valence-corrected chi connectivity index (χ2v) is 7.24. The number of ether oxygens (including phenoxy) is 1. The number of nitrogens with zero attached hydrogens (tertiary/aromatic N) is 3. The van der Waals surface area contributed by atoms with Gasteiger partial charge in [0.05, 0.1) is 12.2 Å². The molecular weight excluding hydrogens is 388 g/mol. The van der Waals surface area contributed by atoms with Crippen LogP contribution in [0.4, 0.5) is 0 Å². The number of esters is 1. The van der Waals surface area contributed by atoms with Crippen LogP contribution < -0.4 is 4.80 Å². The number of nitrogens with one attached hydrogen (secondary N) is 1. The van der Waals surface area contributed by atoms with Crippen molar-refractivity contribution in [3.63, 3.8) is 0 Å². The third-order valence-electron chi connectivity index (χ3n) is 4.28. The van der Waals surface area contributed by atoms with Gasteiger partial charge >= 0.3 is 5.97 Å². The zero-order chi connectivity index (χ0) is 20.2. The Labute approximate surface area is 170 Å². The molecule has 4 aromatic rings. The topological polar surface area (TPSA) is 89.3 Å². The van der Waals surface area contributed by atoms with Gasteiger partial charge in [0.2, 0.25) is 0 Å². The van der Waals surface area contributed by atoms with E-state index in [4.69, 9.17) is 4.74 Å². The van der Waals surface area contributed by atoms with Gasteiger partial charge in [-0.2, -0.15) is 4.99 Å². The molecule has 0 aliphatic carbocycles. The average molecular weight is 406 g/mol. The standard InChI is InChI=1S/C21H18N4O3S/c1-2-28-20(27)17-13-25(12-14-6-4-3-5-7-14)21(29-17)24-19(26)16-9-11-23-18-15(16)8-10-22-18/h3-11,13H,2,12H2,1H3,(H,22,23)/b24-21-. The van der Waals surface area contributed by atoms with Crippen LogP contribution in [0.15, 0.2) is 66.0 Å². The monoisotopic (exact) mass is 406 g/mol. The molecule has 0 aliphatic rings. The van der Waals surface area contributed by atoms with Crippen molar-refractivity contribution >= 4 is 34.2 Å². The number of rotatable bonds is 5. The lowest BCUT2D eigenvalue weighted by Crippen LogP contribution is -2.17. The first-order valence-corrected chi connectivity index (χ1v) is 9.90. The number of pyridine rings is 1. The smallest absolute Gasteiger partial charge is 0.349 e. The van der Waals surface area contributed by atoms with Crippen molar-refractivity contribution in [3.05, 3.63) is 81.9 Å². The van der Waals surface area contributed by atoms with Crippen molar-refractivity contribution in [2.24, 2.45) is 4.99 Å². The highest BCUT2D eigenvalue weighted by molar-refractivity contribution is 7.11. The van der Waals surface area contributed by atoms with Gasteiger partial charge in [-0.25, -0.2) is 9.78 Å². The van der Waals surface area contributed by atoms with Crippen LogP contribution in [-0.4, -0.2) is 33.0 Å². The van der Waals surface area contributed by atoms with Crippen LogP contribution in [0.25, 0.3) is 11.0 Å². The van der Waals surface area contributed by atoms with Gasteiger partial charge in [-0.15, -0.1) is 0 Å². The highest BCUT2D eigenvalue weighted by atomic mass is 32.1. The number of carbonyl (C=O) groups excluding carboxylic acids is 2. The van der Waals surface area contributed by atoms with Gasteiger partial charge in [0.1, 0.15) is 10.5 Å². The van der Waals surface area contributed by atoms with Gasteiger partial charge < -0.3 is 14.3 Å². The first-order valence-electron chi connectivity index (χ1n) is 9.08. The minimum Gasteiger partial charge on any atom is -0.462 e. The number of fused-ring (bicyclic) bond motifs is 1. The van der Waals surface area contributed by atoms with Gasteiger partial charge in [-0.05, 0) is 24.6 Å². The quantitative estimate of drug-likeness (QED) is 0.515. The minimum absolute atomic E-state index is 0.281. The molecule has 1 amide bonds. The van der Waals surface area contributed by atoms with Crippen molar-refractivity contribution in [2.75, 3.05) is 6.61 Å². The van der Waals surface area contributed by atoms with Crippen molar-refractivity contribution < 1.29 is 14.3 Å². The van der Waals surface area contributed by atoms with E-state index in [1.807, 2.05) is 30.3 Å². The second kappa shape index (κ2) is 8.24. The molecular formula is C21H18N4O3S. The molecule has 0 fully saturated rings. The Bertz CT molecular complexity index is 1240. The van der Waals surface area contributed by atoms with Crippen molar-refractivity contribution in [1.82, 2.24) is 14.5 Å². The number of hydrogen-bond donors (Lipinski definition) is 1. The van der Waals surface area contributed by atoms with Crippen molar-refractivity contribution in [3.8, 4) is 0 Å². The van der Waals surface area contributed by atoms with Gasteiger partial charge in [-0.1, -0.05) is 41.7 Å². The summed E-state index contributed by atoms with van der Waals surface area (Å²) < 4.78 is 6.89. The molecule has 0 saturated carbocycles. The Balaban J connectivity index is 1.77. The molecule has 7 nitrogen and oxygen atoms in total. The highest BCUT2D eigenvalue weighted by Crippen LogP contribution is 2.16. The van der Waals surface area contributed by atoms with E-state index in [2.05, 4.69) is 15.0 Å². The Morgan fingerprint density at radius 3 is 2.83 bits per heavy atom. The molecule has 29 heavy (non-hydrogen) atoms. The first-order chi connectivity index (χ1) is 14.2. The summed E-state index contributed by atoms with van der Waals surface area (Å²) in [7, 11) is 0. The van der Waals surface area contributed by atoms with E-state index < -0.39 is 11.9 Å². The summed E-state index contributed by atoms with van der Waals surface area (Å²) in [6.45, 7) is 2.52. The zero-order valence-electron chi connectivity index (χ0n) is 15.7. The van der Waals surface area contributed by atoms with E-state index in [9.17, 15) is 9.59 Å². The van der Waals surface area contributed by atoms with Crippen LogP contribution in [0.3, 0.4) is 0 Å². The maximum absolute atomic E-state index is 12.9. The Kier molecular flexibility index (Phi) is 5.35. The molecule has 8 heteroatoms. The Hall–Kier alpha value is -3.52. The molecule has 4 rings (SSSR count). The molecule has 0 spiro atoms. The molecule has 0 bridgehead atoms. The van der Waals surface area contributed by atoms with Crippen LogP contribution in [0.2, 0.25) is 0 Å². The van der Waals surface area contributed by atoms with Crippen LogP contribution in [0.1, 0.15) is 32.5 Å². The number of carbonyl (C=O) groups is 2. The summed E-state index contributed by atoms with van der Waals surface area (Å²) in [6, 6.07) is 13.2. The van der Waals surface area contributed by atoms with Crippen molar-refractivity contribution in [1.29, 1.82) is 0 Å². The lowest BCUT2D eigenvalue weighted by molar-refractivity contribution is 0.0531. The maximum atomic E-state index is 12.9. The summed E-state index contributed by atoms with van der Waals surface area (Å²) in [6.07, 6.45) is 4.98. The van der Waals surface area contributed by atoms with Crippen molar-refractivity contribution in [2.45, 2.75) is 13.5 Å². The summed E-state index contributed by atoms with van der Waals surface area (Å²) in [5.74, 6) is -0.818. The summed E-state index contributed by atoms with van der Waals surface area (Å²) in [5, 5.41) is 0.707. The average Bonchev–Trinajstić information content (AvgIpc) is 3.36. The number of benzene rings is 1. The van der Waals surface area contributed by atoms with E-state index in [1.165, 1.54) is 0 Å². The lowest BCUT2D eigenvalue weighted by Gasteiger charge is -2.03. The number of hydrogen-bond acceptors (Lipinski definition) is 5. The predicted octanol–water partition coefficient (Wildman–Crippen LogP) is 3.39. The summed E-state index contributed by atoms with van der Waals surface area (Å²) in [5.41, 5.74) is 2.11. The second-order valence-electron chi connectivity index (χ2n) is 6.23. The molecule has 0 radical (unpaired) electrons. The largest absolute Gasteiger partial charge is 0.462 e. The van der Waals surface area contributed by atoms with E-state index in [-0.39, 0.29) is 6.61 Å². The van der Waals surface area contributed by atoms with Gasteiger partial charge in [0, 0.05) is 30.5 Å². The van der Waals surface area contributed by atoms with Crippen LogP contribution in [0.5, 0.6) is 0 Å². The molecule has 1 aromatic carbocycles. The predicted molar refractivity (Wildman–Crippen MR) is 110 cm³/mol. The number of aromatic nitrogens is 3. The number of amides is 1.